The summed E-state index contributed by atoms with van der Waals surface area (Å²) in [6.07, 6.45) is 1.01. The highest BCUT2D eigenvalue weighted by Gasteiger charge is 2.38. The Kier molecular flexibility index (Phi) is 3.63. The van der Waals surface area contributed by atoms with Gasteiger partial charge in [-0.25, -0.2) is 0 Å². The first-order valence-electron chi connectivity index (χ1n) is 6.76. The van der Waals surface area contributed by atoms with Gasteiger partial charge in [0.2, 0.25) is 5.91 Å². The minimum Gasteiger partial charge on any atom is -0.373 e. The smallest absolute Gasteiger partial charge is 0.230 e. The fraction of sp³-hybridized carbons (Fsp3) is 0.533. The van der Waals surface area contributed by atoms with Crippen molar-refractivity contribution >= 4 is 21.8 Å². The Labute approximate surface area is 122 Å². The number of fused-ring (bicyclic) bond motifs is 1. The fourth-order valence-electron chi connectivity index (χ4n) is 2.90. The van der Waals surface area contributed by atoms with Crippen LogP contribution in [-0.4, -0.2) is 41.4 Å². The summed E-state index contributed by atoms with van der Waals surface area (Å²) in [6, 6.07) is 8.42. The largest absolute Gasteiger partial charge is 0.373 e. The molecule has 1 heterocycles. The molecule has 0 bridgehead atoms. The number of halogens is 1. The molecular weight excluding hydrogens is 306 g/mol. The molecule has 0 saturated carbocycles. The van der Waals surface area contributed by atoms with Gasteiger partial charge in [-0.2, -0.15) is 0 Å². The van der Waals surface area contributed by atoms with Crippen molar-refractivity contribution in [1.29, 1.82) is 0 Å². The number of morpholine rings is 1. The zero-order valence-electron chi connectivity index (χ0n) is 11.0. The molecule has 1 aliphatic carbocycles. The molecule has 2 aliphatic rings. The van der Waals surface area contributed by atoms with Crippen molar-refractivity contribution in [3.63, 3.8) is 0 Å². The highest BCUT2D eigenvalue weighted by atomic mass is 79.9. The molecule has 3 rings (SSSR count). The predicted octanol–water partition coefficient (Wildman–Crippen LogP) is 2.34. The van der Waals surface area contributed by atoms with E-state index in [-0.39, 0.29) is 24.0 Å². The van der Waals surface area contributed by atoms with E-state index in [0.29, 0.717) is 13.2 Å². The van der Waals surface area contributed by atoms with Gasteiger partial charge in [-0.1, -0.05) is 40.2 Å². The van der Waals surface area contributed by atoms with Crippen LogP contribution in [-0.2, 0) is 16.0 Å². The van der Waals surface area contributed by atoms with E-state index in [1.54, 1.807) is 0 Å². The maximum absolute atomic E-state index is 12.7. The Morgan fingerprint density at radius 2 is 2.26 bits per heavy atom. The number of nitrogens with zero attached hydrogens (tertiary/aromatic N) is 1. The summed E-state index contributed by atoms with van der Waals surface area (Å²) < 4.78 is 5.68. The van der Waals surface area contributed by atoms with Crippen LogP contribution in [0.5, 0.6) is 0 Å². The van der Waals surface area contributed by atoms with Crippen LogP contribution in [0.25, 0.3) is 0 Å². The molecule has 1 aliphatic heterocycles. The monoisotopic (exact) mass is 323 g/mol. The van der Waals surface area contributed by atoms with Crippen LogP contribution < -0.4 is 0 Å². The maximum atomic E-state index is 12.7. The molecule has 0 spiro atoms. The first kappa shape index (κ1) is 13.1. The SMILES string of the molecule is CC1COC(CBr)CN1C(=O)C1Cc2ccccc21. The molecule has 3 nitrogen and oxygen atoms in total. The maximum Gasteiger partial charge on any atom is 0.230 e. The lowest BCUT2D eigenvalue weighted by atomic mass is 9.76. The molecule has 1 fully saturated rings. The Bertz CT molecular complexity index is 491. The number of benzene rings is 1. The average molecular weight is 324 g/mol. The topological polar surface area (TPSA) is 29.5 Å². The fourth-order valence-corrected chi connectivity index (χ4v) is 3.29. The average Bonchev–Trinajstić information content (AvgIpc) is 2.40. The summed E-state index contributed by atoms with van der Waals surface area (Å²) in [6.45, 7) is 3.40. The van der Waals surface area contributed by atoms with Crippen LogP contribution >= 0.6 is 15.9 Å². The van der Waals surface area contributed by atoms with Crippen LogP contribution in [0.4, 0.5) is 0 Å². The Hall–Kier alpha value is -0.870. The first-order valence-corrected chi connectivity index (χ1v) is 7.88. The van der Waals surface area contributed by atoms with Crippen LogP contribution in [0.1, 0.15) is 24.0 Å². The van der Waals surface area contributed by atoms with Crippen molar-refractivity contribution in [2.75, 3.05) is 18.5 Å². The van der Waals surface area contributed by atoms with Gasteiger partial charge in [-0.3, -0.25) is 4.79 Å². The first-order chi connectivity index (χ1) is 9.20. The molecule has 0 N–H and O–H groups in total. The normalized spacial score (nSPS) is 29.6. The number of hydrogen-bond acceptors (Lipinski definition) is 2. The van der Waals surface area contributed by atoms with Crippen molar-refractivity contribution in [2.45, 2.75) is 31.4 Å². The lowest BCUT2D eigenvalue weighted by molar-refractivity contribution is -0.145. The minimum absolute atomic E-state index is 0.0627. The van der Waals surface area contributed by atoms with E-state index in [1.165, 1.54) is 11.1 Å². The molecule has 3 atom stereocenters. The summed E-state index contributed by atoms with van der Waals surface area (Å²) in [4.78, 5) is 14.7. The van der Waals surface area contributed by atoms with Gasteiger partial charge in [0.05, 0.1) is 24.7 Å². The van der Waals surface area contributed by atoms with Crippen molar-refractivity contribution in [1.82, 2.24) is 4.90 Å². The Morgan fingerprint density at radius 3 is 3.00 bits per heavy atom. The van der Waals surface area contributed by atoms with Crippen LogP contribution in [0.15, 0.2) is 24.3 Å². The third-order valence-electron chi connectivity index (χ3n) is 4.11. The minimum atomic E-state index is 0.0627. The zero-order valence-corrected chi connectivity index (χ0v) is 12.6. The van der Waals surface area contributed by atoms with Crippen LogP contribution in [0.3, 0.4) is 0 Å². The lowest BCUT2D eigenvalue weighted by Gasteiger charge is -2.41. The number of alkyl halides is 1. The summed E-state index contributed by atoms with van der Waals surface area (Å²) in [5.74, 6) is 0.327. The van der Waals surface area contributed by atoms with E-state index in [2.05, 4.69) is 35.0 Å². The molecule has 1 amide bonds. The van der Waals surface area contributed by atoms with Crippen molar-refractivity contribution in [3.05, 3.63) is 35.4 Å². The van der Waals surface area contributed by atoms with Gasteiger partial charge >= 0.3 is 0 Å². The van der Waals surface area contributed by atoms with E-state index < -0.39 is 0 Å². The predicted molar refractivity (Wildman–Crippen MR) is 77.6 cm³/mol. The van der Waals surface area contributed by atoms with Gasteiger partial charge in [-0.05, 0) is 24.5 Å². The molecule has 0 aromatic heterocycles. The van der Waals surface area contributed by atoms with Gasteiger partial charge in [0.15, 0.2) is 0 Å². The number of carbonyl (C=O) groups is 1. The van der Waals surface area contributed by atoms with Gasteiger partial charge in [-0.15, -0.1) is 0 Å². The number of hydrogen-bond donors (Lipinski definition) is 0. The third-order valence-corrected chi connectivity index (χ3v) is 4.84. The summed E-state index contributed by atoms with van der Waals surface area (Å²) in [5, 5.41) is 0.782. The van der Waals surface area contributed by atoms with Gasteiger partial charge in [0.25, 0.3) is 0 Å². The summed E-state index contributed by atoms with van der Waals surface area (Å²) in [7, 11) is 0. The second-order valence-corrected chi connectivity index (χ2v) is 6.05. The van der Waals surface area contributed by atoms with Gasteiger partial charge < -0.3 is 9.64 Å². The number of carbonyl (C=O) groups excluding carboxylic acids is 1. The molecule has 1 saturated heterocycles. The Balaban J connectivity index is 1.74. The van der Waals surface area contributed by atoms with Gasteiger partial charge in [0, 0.05) is 11.9 Å². The molecule has 1 aromatic rings. The van der Waals surface area contributed by atoms with Crippen LogP contribution in [0.2, 0.25) is 0 Å². The van der Waals surface area contributed by atoms with E-state index in [9.17, 15) is 4.79 Å². The molecule has 19 heavy (non-hydrogen) atoms. The lowest BCUT2D eigenvalue weighted by Crippen LogP contribution is -2.53. The van der Waals surface area contributed by atoms with E-state index in [0.717, 1.165) is 11.8 Å². The highest BCUT2D eigenvalue weighted by Crippen LogP contribution is 2.37. The number of amides is 1. The molecular formula is C15H18BrNO2. The number of rotatable bonds is 2. The standard InChI is InChI=1S/C15H18BrNO2/c1-10-9-19-12(7-16)8-17(10)15(18)14-6-11-4-2-3-5-13(11)14/h2-5,10,12,14H,6-9H2,1H3. The van der Waals surface area contributed by atoms with Crippen molar-refractivity contribution in [3.8, 4) is 0 Å². The second-order valence-electron chi connectivity index (χ2n) is 5.40. The molecule has 4 heteroatoms. The molecule has 102 valence electrons. The summed E-state index contributed by atoms with van der Waals surface area (Å²) in [5.41, 5.74) is 2.53. The van der Waals surface area contributed by atoms with Gasteiger partial charge in [0.1, 0.15) is 0 Å². The number of ether oxygens (including phenoxy) is 1. The van der Waals surface area contributed by atoms with Crippen LogP contribution in [0, 0.1) is 0 Å². The van der Waals surface area contributed by atoms with Crippen molar-refractivity contribution < 1.29 is 9.53 Å². The Morgan fingerprint density at radius 1 is 1.47 bits per heavy atom. The quantitative estimate of drug-likeness (QED) is 0.782. The second kappa shape index (κ2) is 5.25. The third kappa shape index (κ3) is 2.32. The van der Waals surface area contributed by atoms with E-state index in [1.807, 2.05) is 17.0 Å². The molecule has 3 unspecified atom stereocenters. The zero-order chi connectivity index (χ0) is 13.4. The van der Waals surface area contributed by atoms with E-state index >= 15 is 0 Å². The molecule has 0 radical (unpaired) electrons. The van der Waals surface area contributed by atoms with E-state index in [4.69, 9.17) is 4.74 Å². The molecule has 1 aromatic carbocycles. The highest BCUT2D eigenvalue weighted by molar-refractivity contribution is 9.09. The van der Waals surface area contributed by atoms with Crippen molar-refractivity contribution in [2.24, 2.45) is 0 Å². The summed E-state index contributed by atoms with van der Waals surface area (Å²) >= 11 is 3.44.